The summed E-state index contributed by atoms with van der Waals surface area (Å²) in [5, 5.41) is 3.46. The van der Waals surface area contributed by atoms with Crippen LogP contribution in [0.25, 0.3) is 0 Å². The maximum Gasteiger partial charge on any atom is 0.122 e. The number of benzene rings is 1. The molecule has 1 aromatic carbocycles. The third-order valence-corrected chi connectivity index (χ3v) is 3.39. The maximum absolute atomic E-state index is 4.29. The molecule has 3 nitrogen and oxygen atoms in total. The lowest BCUT2D eigenvalue weighted by Gasteiger charge is -2.14. The van der Waals surface area contributed by atoms with Gasteiger partial charge in [0, 0.05) is 30.0 Å². The second-order valence-electron chi connectivity index (χ2n) is 4.11. The van der Waals surface area contributed by atoms with Crippen LogP contribution in [-0.2, 0) is 13.6 Å². The van der Waals surface area contributed by atoms with Crippen molar-refractivity contribution in [2.75, 3.05) is 0 Å². The number of halogens is 1. The van der Waals surface area contributed by atoms with Gasteiger partial charge in [0.2, 0.25) is 0 Å². The van der Waals surface area contributed by atoms with Gasteiger partial charge in [-0.05, 0) is 24.6 Å². The van der Waals surface area contributed by atoms with E-state index in [1.165, 1.54) is 5.56 Å². The topological polar surface area (TPSA) is 29.9 Å². The van der Waals surface area contributed by atoms with Crippen molar-refractivity contribution < 1.29 is 0 Å². The number of imidazole rings is 1. The number of hydrogen-bond donors (Lipinski definition) is 1. The number of nitrogens with zero attached hydrogens (tertiary/aromatic N) is 2. The minimum atomic E-state index is 0.319. The Morgan fingerprint density at radius 3 is 2.65 bits per heavy atom. The van der Waals surface area contributed by atoms with Crippen molar-refractivity contribution in [3.05, 3.63) is 52.5 Å². The maximum atomic E-state index is 4.29. The molecule has 0 spiro atoms. The van der Waals surface area contributed by atoms with Gasteiger partial charge in [0.1, 0.15) is 5.82 Å². The van der Waals surface area contributed by atoms with Crippen molar-refractivity contribution in [1.82, 2.24) is 14.9 Å². The summed E-state index contributed by atoms with van der Waals surface area (Å²) in [7, 11) is 2.01. The van der Waals surface area contributed by atoms with Crippen LogP contribution in [0.15, 0.2) is 41.1 Å². The SMILES string of the molecule is CC(NCc1nccn1C)c1ccc(Br)cc1. The fraction of sp³-hybridized carbons (Fsp3) is 0.308. The van der Waals surface area contributed by atoms with E-state index in [4.69, 9.17) is 0 Å². The van der Waals surface area contributed by atoms with Gasteiger partial charge in [-0.25, -0.2) is 4.98 Å². The number of hydrogen-bond acceptors (Lipinski definition) is 2. The predicted molar refractivity (Wildman–Crippen MR) is 72.6 cm³/mol. The smallest absolute Gasteiger partial charge is 0.122 e. The minimum absolute atomic E-state index is 0.319. The zero-order chi connectivity index (χ0) is 12.3. The molecule has 2 aromatic rings. The quantitative estimate of drug-likeness (QED) is 0.939. The highest BCUT2D eigenvalue weighted by atomic mass is 79.9. The Balaban J connectivity index is 1.95. The van der Waals surface area contributed by atoms with E-state index in [0.29, 0.717) is 6.04 Å². The van der Waals surface area contributed by atoms with E-state index >= 15 is 0 Å². The second kappa shape index (κ2) is 5.47. The van der Waals surface area contributed by atoms with Crippen LogP contribution in [0, 0.1) is 0 Å². The van der Waals surface area contributed by atoms with E-state index in [-0.39, 0.29) is 0 Å². The summed E-state index contributed by atoms with van der Waals surface area (Å²) in [4.78, 5) is 4.29. The zero-order valence-electron chi connectivity index (χ0n) is 10.0. The van der Waals surface area contributed by atoms with Crippen LogP contribution in [0.4, 0.5) is 0 Å². The van der Waals surface area contributed by atoms with E-state index in [1.807, 2.05) is 24.0 Å². The van der Waals surface area contributed by atoms with Crippen molar-refractivity contribution >= 4 is 15.9 Å². The molecule has 1 unspecified atom stereocenters. The highest BCUT2D eigenvalue weighted by molar-refractivity contribution is 9.10. The molecule has 0 aliphatic rings. The molecular weight excluding hydrogens is 278 g/mol. The van der Waals surface area contributed by atoms with Gasteiger partial charge < -0.3 is 9.88 Å². The van der Waals surface area contributed by atoms with Gasteiger partial charge >= 0.3 is 0 Å². The van der Waals surface area contributed by atoms with E-state index in [9.17, 15) is 0 Å². The van der Waals surface area contributed by atoms with Gasteiger partial charge in [-0.15, -0.1) is 0 Å². The van der Waals surface area contributed by atoms with Gasteiger partial charge in [-0.3, -0.25) is 0 Å². The van der Waals surface area contributed by atoms with Gasteiger partial charge in [0.05, 0.1) is 6.54 Å². The molecule has 17 heavy (non-hydrogen) atoms. The highest BCUT2D eigenvalue weighted by Gasteiger charge is 2.06. The Morgan fingerprint density at radius 2 is 2.06 bits per heavy atom. The molecule has 0 saturated heterocycles. The molecule has 0 fully saturated rings. The number of rotatable bonds is 4. The van der Waals surface area contributed by atoms with Crippen LogP contribution in [0.2, 0.25) is 0 Å². The van der Waals surface area contributed by atoms with Crippen molar-refractivity contribution in [1.29, 1.82) is 0 Å². The van der Waals surface area contributed by atoms with E-state index in [0.717, 1.165) is 16.8 Å². The lowest BCUT2D eigenvalue weighted by molar-refractivity contribution is 0.549. The molecule has 1 aromatic heterocycles. The standard InChI is InChI=1S/C13H16BrN3/c1-10(11-3-5-12(14)6-4-11)16-9-13-15-7-8-17(13)2/h3-8,10,16H,9H2,1-2H3. The van der Waals surface area contributed by atoms with Crippen molar-refractivity contribution in [2.24, 2.45) is 7.05 Å². The zero-order valence-corrected chi connectivity index (χ0v) is 11.6. The summed E-state index contributed by atoms with van der Waals surface area (Å²) < 4.78 is 3.14. The second-order valence-corrected chi connectivity index (χ2v) is 5.02. The molecule has 0 aliphatic heterocycles. The molecule has 0 radical (unpaired) electrons. The molecule has 0 bridgehead atoms. The summed E-state index contributed by atoms with van der Waals surface area (Å²) in [5.74, 6) is 1.05. The molecule has 0 amide bonds. The van der Waals surface area contributed by atoms with Crippen LogP contribution >= 0.6 is 15.9 Å². The summed E-state index contributed by atoms with van der Waals surface area (Å²) in [6, 6.07) is 8.70. The van der Waals surface area contributed by atoms with Gasteiger partial charge in [-0.2, -0.15) is 0 Å². The number of nitrogens with one attached hydrogen (secondary N) is 1. The predicted octanol–water partition coefficient (Wildman–Crippen LogP) is 3.03. The molecule has 1 N–H and O–H groups in total. The number of aromatic nitrogens is 2. The van der Waals surface area contributed by atoms with Crippen molar-refractivity contribution in [3.63, 3.8) is 0 Å². The molecule has 2 rings (SSSR count). The lowest BCUT2D eigenvalue weighted by atomic mass is 10.1. The van der Waals surface area contributed by atoms with E-state index < -0.39 is 0 Å². The summed E-state index contributed by atoms with van der Waals surface area (Å²) in [6.07, 6.45) is 3.78. The Kier molecular flexibility index (Phi) is 3.97. The largest absolute Gasteiger partial charge is 0.337 e. The molecule has 1 atom stereocenters. The Morgan fingerprint density at radius 1 is 1.35 bits per heavy atom. The van der Waals surface area contributed by atoms with E-state index in [2.05, 4.69) is 57.4 Å². The van der Waals surface area contributed by atoms with Crippen molar-refractivity contribution in [3.8, 4) is 0 Å². The average Bonchev–Trinajstić information content (AvgIpc) is 2.73. The first-order chi connectivity index (χ1) is 8.16. The van der Waals surface area contributed by atoms with Crippen LogP contribution in [0.1, 0.15) is 24.4 Å². The lowest BCUT2D eigenvalue weighted by Crippen LogP contribution is -2.20. The Bertz CT molecular complexity index is 476. The molecule has 90 valence electrons. The fourth-order valence-electron chi connectivity index (χ4n) is 1.68. The third-order valence-electron chi connectivity index (χ3n) is 2.86. The third kappa shape index (κ3) is 3.17. The first-order valence-electron chi connectivity index (χ1n) is 5.62. The number of aryl methyl sites for hydroxylation is 1. The molecular formula is C13H16BrN3. The molecule has 4 heteroatoms. The summed E-state index contributed by atoms with van der Waals surface area (Å²) in [6.45, 7) is 2.94. The van der Waals surface area contributed by atoms with Crippen LogP contribution in [0.5, 0.6) is 0 Å². The minimum Gasteiger partial charge on any atom is -0.337 e. The first kappa shape index (κ1) is 12.3. The molecule has 0 aliphatic carbocycles. The molecule has 0 saturated carbocycles. The fourth-order valence-corrected chi connectivity index (χ4v) is 1.94. The Hall–Kier alpha value is -1.13. The summed E-state index contributed by atoms with van der Waals surface area (Å²) >= 11 is 3.44. The Labute approximate surface area is 110 Å². The van der Waals surface area contributed by atoms with Crippen LogP contribution < -0.4 is 5.32 Å². The van der Waals surface area contributed by atoms with Gasteiger partial charge in [0.15, 0.2) is 0 Å². The highest BCUT2D eigenvalue weighted by Crippen LogP contribution is 2.16. The molecule has 1 heterocycles. The normalized spacial score (nSPS) is 12.6. The van der Waals surface area contributed by atoms with Gasteiger partial charge in [-0.1, -0.05) is 28.1 Å². The van der Waals surface area contributed by atoms with Crippen molar-refractivity contribution in [2.45, 2.75) is 19.5 Å². The monoisotopic (exact) mass is 293 g/mol. The van der Waals surface area contributed by atoms with Crippen LogP contribution in [-0.4, -0.2) is 9.55 Å². The first-order valence-corrected chi connectivity index (χ1v) is 6.41. The van der Waals surface area contributed by atoms with E-state index in [1.54, 1.807) is 0 Å². The average molecular weight is 294 g/mol. The summed E-state index contributed by atoms with van der Waals surface area (Å²) in [5.41, 5.74) is 1.28. The van der Waals surface area contributed by atoms with Gasteiger partial charge in [0.25, 0.3) is 0 Å². The van der Waals surface area contributed by atoms with Crippen LogP contribution in [0.3, 0.4) is 0 Å².